The topological polar surface area (TPSA) is 64.0 Å². The summed E-state index contributed by atoms with van der Waals surface area (Å²) in [7, 11) is 1.82. The molecule has 5 nitrogen and oxygen atoms in total. The summed E-state index contributed by atoms with van der Waals surface area (Å²) in [6, 6.07) is 7.66. The highest BCUT2D eigenvalue weighted by Crippen LogP contribution is 2.36. The molecule has 1 aliphatic rings. The molecule has 2 aromatic rings. The predicted octanol–water partition coefficient (Wildman–Crippen LogP) is 1.60. The Balaban J connectivity index is 2.18. The van der Waals surface area contributed by atoms with Crippen LogP contribution >= 0.6 is 11.8 Å². The number of aryl methyl sites for hydroxylation is 1. The number of nitrogens with zero attached hydrogens (tertiary/aromatic N) is 2. The van der Waals surface area contributed by atoms with E-state index in [0.717, 1.165) is 22.7 Å². The lowest BCUT2D eigenvalue weighted by atomic mass is 10.1. The van der Waals surface area contributed by atoms with E-state index in [4.69, 9.17) is 0 Å². The van der Waals surface area contributed by atoms with Gasteiger partial charge >= 0.3 is 0 Å². The fourth-order valence-electron chi connectivity index (χ4n) is 1.97. The number of nitrogens with one attached hydrogen (secondary N) is 1. The molecule has 6 heteroatoms. The Bertz CT molecular complexity index is 635. The van der Waals surface area contributed by atoms with Crippen LogP contribution in [0.2, 0.25) is 0 Å². The highest BCUT2D eigenvalue weighted by Gasteiger charge is 2.36. The first-order valence-corrected chi connectivity index (χ1v) is 5.98. The van der Waals surface area contributed by atoms with E-state index in [0.29, 0.717) is 5.69 Å². The van der Waals surface area contributed by atoms with Crippen LogP contribution in [0.5, 0.6) is 0 Å². The van der Waals surface area contributed by atoms with E-state index in [-0.39, 0.29) is 11.1 Å². The fourth-order valence-corrected chi connectivity index (χ4v) is 2.80. The molecule has 17 heavy (non-hydrogen) atoms. The van der Waals surface area contributed by atoms with E-state index in [1.54, 1.807) is 4.68 Å². The molecule has 3 rings (SSSR count). The number of carbonyl (C=O) groups is 2. The average Bonchev–Trinajstić information content (AvgIpc) is 2.80. The van der Waals surface area contributed by atoms with Gasteiger partial charge in [-0.1, -0.05) is 18.2 Å². The molecule has 1 aromatic carbocycles. The molecule has 1 N–H and O–H groups in total. The van der Waals surface area contributed by atoms with Gasteiger partial charge in [-0.2, -0.15) is 5.10 Å². The molecule has 86 valence electrons. The van der Waals surface area contributed by atoms with Gasteiger partial charge in [0.1, 0.15) is 5.25 Å². The van der Waals surface area contributed by atoms with Crippen LogP contribution in [0.4, 0.5) is 4.79 Å². The smallest absolute Gasteiger partial charge is 0.286 e. The van der Waals surface area contributed by atoms with Gasteiger partial charge in [0.05, 0.1) is 11.2 Å². The molecule has 0 radical (unpaired) electrons. The van der Waals surface area contributed by atoms with Crippen molar-refractivity contribution in [3.05, 3.63) is 30.0 Å². The van der Waals surface area contributed by atoms with Crippen molar-refractivity contribution in [1.29, 1.82) is 0 Å². The monoisotopic (exact) mass is 247 g/mol. The highest BCUT2D eigenvalue weighted by atomic mass is 32.2. The van der Waals surface area contributed by atoms with Crippen molar-refractivity contribution >= 4 is 33.8 Å². The van der Waals surface area contributed by atoms with Gasteiger partial charge in [0.25, 0.3) is 5.24 Å². The Morgan fingerprint density at radius 2 is 2.12 bits per heavy atom. The van der Waals surface area contributed by atoms with Crippen molar-refractivity contribution in [3.63, 3.8) is 0 Å². The first-order chi connectivity index (χ1) is 8.16. The van der Waals surface area contributed by atoms with E-state index in [2.05, 4.69) is 10.4 Å². The number of hydrogen-bond donors (Lipinski definition) is 1. The molecule has 0 spiro atoms. The largest absolute Gasteiger partial charge is 0.286 e. The lowest BCUT2D eigenvalue weighted by molar-refractivity contribution is -0.119. The number of thioether (sulfide) groups is 1. The summed E-state index contributed by atoms with van der Waals surface area (Å²) >= 11 is 0.980. The maximum Gasteiger partial charge on any atom is 0.286 e. The van der Waals surface area contributed by atoms with Gasteiger partial charge in [-0.05, 0) is 17.8 Å². The van der Waals surface area contributed by atoms with Crippen LogP contribution in [-0.4, -0.2) is 20.9 Å². The molecular weight excluding hydrogens is 238 g/mol. The zero-order valence-corrected chi connectivity index (χ0v) is 9.82. The maximum atomic E-state index is 11.6. The van der Waals surface area contributed by atoms with E-state index in [1.807, 2.05) is 31.3 Å². The van der Waals surface area contributed by atoms with Gasteiger partial charge in [0.2, 0.25) is 5.91 Å². The maximum absolute atomic E-state index is 11.6. The molecule has 0 unspecified atom stereocenters. The Morgan fingerprint density at radius 3 is 2.82 bits per heavy atom. The van der Waals surface area contributed by atoms with Gasteiger partial charge in [0.15, 0.2) is 0 Å². The Morgan fingerprint density at radius 1 is 1.35 bits per heavy atom. The molecule has 1 fully saturated rings. The Labute approximate surface area is 101 Å². The average molecular weight is 247 g/mol. The van der Waals surface area contributed by atoms with Gasteiger partial charge in [-0.3, -0.25) is 19.6 Å². The zero-order valence-electron chi connectivity index (χ0n) is 9.01. The van der Waals surface area contributed by atoms with Crippen molar-refractivity contribution in [2.24, 2.45) is 7.05 Å². The number of fused-ring (bicyclic) bond motifs is 1. The van der Waals surface area contributed by atoms with Gasteiger partial charge in [0, 0.05) is 12.4 Å². The first kappa shape index (κ1) is 10.3. The number of hydrogen-bond acceptors (Lipinski definition) is 4. The number of carbonyl (C=O) groups excluding carboxylic acids is 2. The van der Waals surface area contributed by atoms with Crippen molar-refractivity contribution in [2.45, 2.75) is 5.25 Å². The number of amides is 2. The minimum Gasteiger partial charge on any atom is -0.286 e. The second kappa shape index (κ2) is 3.59. The van der Waals surface area contributed by atoms with Crippen LogP contribution in [-0.2, 0) is 11.8 Å². The fraction of sp³-hybridized carbons (Fsp3) is 0.182. The van der Waals surface area contributed by atoms with E-state index in [1.165, 1.54) is 0 Å². The molecule has 2 heterocycles. The van der Waals surface area contributed by atoms with Crippen LogP contribution in [0.15, 0.2) is 24.3 Å². The first-order valence-electron chi connectivity index (χ1n) is 5.10. The predicted molar refractivity (Wildman–Crippen MR) is 64.6 cm³/mol. The number of para-hydroxylation sites is 1. The van der Waals surface area contributed by atoms with Crippen LogP contribution < -0.4 is 5.32 Å². The second-order valence-corrected chi connectivity index (χ2v) is 4.88. The third-order valence-corrected chi connectivity index (χ3v) is 3.71. The second-order valence-electron chi connectivity index (χ2n) is 3.80. The van der Waals surface area contributed by atoms with Crippen LogP contribution in [0, 0.1) is 0 Å². The molecule has 1 aliphatic heterocycles. The summed E-state index contributed by atoms with van der Waals surface area (Å²) in [6.07, 6.45) is 0. The normalized spacial score (nSPS) is 19.9. The molecule has 0 aliphatic carbocycles. The molecule has 0 saturated carbocycles. The number of benzene rings is 1. The quantitative estimate of drug-likeness (QED) is 0.831. The lowest BCUT2D eigenvalue weighted by Gasteiger charge is -2.00. The van der Waals surface area contributed by atoms with Gasteiger partial charge in [-0.25, -0.2) is 0 Å². The summed E-state index contributed by atoms with van der Waals surface area (Å²) in [5.41, 5.74) is 1.60. The van der Waals surface area contributed by atoms with E-state index < -0.39 is 5.25 Å². The van der Waals surface area contributed by atoms with Crippen LogP contribution in [0.1, 0.15) is 10.9 Å². The molecule has 0 bridgehead atoms. The van der Waals surface area contributed by atoms with Gasteiger partial charge < -0.3 is 0 Å². The van der Waals surface area contributed by atoms with Crippen molar-refractivity contribution < 1.29 is 9.59 Å². The summed E-state index contributed by atoms with van der Waals surface area (Å²) in [4.78, 5) is 22.8. The summed E-state index contributed by atoms with van der Waals surface area (Å²) in [5.74, 6) is -0.288. The highest BCUT2D eigenvalue weighted by molar-refractivity contribution is 8.15. The molecule has 1 atom stereocenters. The standard InChI is InChI=1S/C11H9N3O2S/c1-14-7-5-3-2-4-6(7)8(13-14)9-10(15)12-11(16)17-9/h2-5,9H,1H3,(H,12,15,16)/t9-/m1/s1. The number of imide groups is 1. The van der Waals surface area contributed by atoms with Crippen LogP contribution in [0.25, 0.3) is 10.9 Å². The molecular formula is C11H9N3O2S. The lowest BCUT2D eigenvalue weighted by Crippen LogP contribution is -2.20. The Kier molecular flexibility index (Phi) is 2.19. The SMILES string of the molecule is Cn1nc([C@H]2SC(=O)NC2=O)c2ccccc21. The van der Waals surface area contributed by atoms with Crippen molar-refractivity contribution in [1.82, 2.24) is 15.1 Å². The minimum atomic E-state index is -0.534. The van der Waals surface area contributed by atoms with Gasteiger partial charge in [-0.15, -0.1) is 0 Å². The van der Waals surface area contributed by atoms with E-state index >= 15 is 0 Å². The molecule has 2 amide bonds. The third kappa shape index (κ3) is 1.52. The summed E-state index contributed by atoms with van der Waals surface area (Å²) in [5, 5.41) is 6.68. The number of rotatable bonds is 1. The zero-order chi connectivity index (χ0) is 12.0. The van der Waals surface area contributed by atoms with Crippen molar-refractivity contribution in [3.8, 4) is 0 Å². The number of aromatic nitrogens is 2. The third-order valence-electron chi connectivity index (χ3n) is 2.72. The van der Waals surface area contributed by atoms with Crippen LogP contribution in [0.3, 0.4) is 0 Å². The summed E-state index contributed by atoms with van der Waals surface area (Å²) in [6.45, 7) is 0. The minimum absolute atomic E-state index is 0.288. The molecule has 1 saturated heterocycles. The summed E-state index contributed by atoms with van der Waals surface area (Å²) < 4.78 is 1.72. The van der Waals surface area contributed by atoms with E-state index in [9.17, 15) is 9.59 Å². The van der Waals surface area contributed by atoms with Crippen molar-refractivity contribution in [2.75, 3.05) is 0 Å². The Hall–Kier alpha value is -1.82. The molecule has 1 aromatic heterocycles.